The Kier molecular flexibility index (Phi) is 6.35. The number of amides is 1. The lowest BCUT2D eigenvalue weighted by atomic mass is 10.1. The number of rotatable bonds is 7. The van der Waals surface area contributed by atoms with Crippen molar-refractivity contribution in [2.24, 2.45) is 0 Å². The molecule has 1 atom stereocenters. The van der Waals surface area contributed by atoms with Gasteiger partial charge in [-0.1, -0.05) is 47.6 Å². The topological polar surface area (TPSA) is 68.0 Å². The second-order valence-electron chi connectivity index (χ2n) is 6.82. The number of thioether (sulfide) groups is 1. The van der Waals surface area contributed by atoms with Gasteiger partial charge in [0, 0.05) is 11.4 Å². The van der Waals surface area contributed by atoms with Crippen LogP contribution in [0, 0.1) is 0 Å². The maximum absolute atomic E-state index is 12.6. The van der Waals surface area contributed by atoms with Crippen molar-refractivity contribution in [1.82, 2.24) is 15.3 Å². The third-order valence-electron chi connectivity index (χ3n) is 4.57. The molecular weight excluding hydrogens is 418 g/mol. The van der Waals surface area contributed by atoms with Crippen LogP contribution in [0.1, 0.15) is 23.9 Å². The first-order chi connectivity index (χ1) is 14.6. The molecule has 0 aliphatic carbocycles. The minimum absolute atomic E-state index is 0.0798. The van der Waals surface area contributed by atoms with Crippen LogP contribution >= 0.6 is 23.4 Å². The van der Waals surface area contributed by atoms with Crippen LogP contribution in [-0.4, -0.2) is 21.1 Å². The summed E-state index contributed by atoms with van der Waals surface area (Å²) in [6, 6.07) is 19.1. The first-order valence-electron chi connectivity index (χ1n) is 9.55. The summed E-state index contributed by atoms with van der Waals surface area (Å²) in [6.45, 7) is 2.23. The van der Waals surface area contributed by atoms with Gasteiger partial charge in [0.25, 0.3) is 0 Å². The van der Waals surface area contributed by atoms with Gasteiger partial charge in [0.15, 0.2) is 0 Å². The van der Waals surface area contributed by atoms with Gasteiger partial charge in [-0.15, -0.1) is 0 Å². The van der Waals surface area contributed by atoms with Gasteiger partial charge in [0.05, 0.1) is 34.8 Å². The molecule has 152 valence electrons. The molecule has 2 heterocycles. The average Bonchev–Trinajstić information content (AvgIpc) is 3.27. The lowest BCUT2D eigenvalue weighted by Gasteiger charge is -2.14. The molecule has 5 nitrogen and oxygen atoms in total. The summed E-state index contributed by atoms with van der Waals surface area (Å²) >= 11 is 7.42. The van der Waals surface area contributed by atoms with Crippen molar-refractivity contribution in [1.29, 1.82) is 0 Å². The number of hydrogen-bond acceptors (Lipinski definition) is 5. The molecule has 0 aliphatic rings. The SMILES string of the molecule is CC(Sc1nc2ccccc2nc1Cc1ccc(Cl)cc1)C(=O)NCc1ccco1. The summed E-state index contributed by atoms with van der Waals surface area (Å²) in [4.78, 5) is 22.2. The fourth-order valence-electron chi connectivity index (χ4n) is 2.98. The smallest absolute Gasteiger partial charge is 0.233 e. The van der Waals surface area contributed by atoms with Crippen molar-refractivity contribution in [3.63, 3.8) is 0 Å². The van der Waals surface area contributed by atoms with Gasteiger partial charge in [-0.25, -0.2) is 9.97 Å². The number of carbonyl (C=O) groups excluding carboxylic acids is 1. The normalized spacial score (nSPS) is 12.1. The summed E-state index contributed by atoms with van der Waals surface area (Å²) in [5, 5.41) is 4.02. The number of carbonyl (C=O) groups is 1. The zero-order chi connectivity index (χ0) is 20.9. The average molecular weight is 438 g/mol. The molecule has 2 aromatic heterocycles. The van der Waals surface area contributed by atoms with E-state index in [1.807, 2.05) is 61.5 Å². The largest absolute Gasteiger partial charge is 0.467 e. The molecule has 1 unspecified atom stereocenters. The predicted octanol–water partition coefficient (Wildman–Crippen LogP) is 5.26. The molecule has 1 N–H and O–H groups in total. The standard InChI is InChI=1S/C23H20ClN3O2S/c1-15(22(28)25-14-18-5-4-12-29-18)30-23-21(13-16-8-10-17(24)11-9-16)26-19-6-2-3-7-20(19)27-23/h2-12,15H,13-14H2,1H3,(H,25,28). The van der Waals surface area contributed by atoms with E-state index in [1.165, 1.54) is 11.8 Å². The maximum atomic E-state index is 12.6. The quantitative estimate of drug-likeness (QED) is 0.399. The van der Waals surface area contributed by atoms with Crippen molar-refractivity contribution < 1.29 is 9.21 Å². The first-order valence-corrected chi connectivity index (χ1v) is 10.8. The third-order valence-corrected chi connectivity index (χ3v) is 5.94. The van der Waals surface area contributed by atoms with Gasteiger partial charge in [0.2, 0.25) is 5.91 Å². The van der Waals surface area contributed by atoms with Crippen LogP contribution in [0.4, 0.5) is 0 Å². The van der Waals surface area contributed by atoms with E-state index in [2.05, 4.69) is 5.32 Å². The monoisotopic (exact) mass is 437 g/mol. The Morgan fingerprint density at radius 1 is 1.07 bits per heavy atom. The van der Waals surface area contributed by atoms with E-state index in [9.17, 15) is 4.79 Å². The molecule has 4 aromatic rings. The van der Waals surface area contributed by atoms with Crippen LogP contribution in [0.25, 0.3) is 11.0 Å². The summed E-state index contributed by atoms with van der Waals surface area (Å²) in [6.07, 6.45) is 2.20. The zero-order valence-electron chi connectivity index (χ0n) is 16.3. The lowest BCUT2D eigenvalue weighted by molar-refractivity contribution is -0.120. The van der Waals surface area contributed by atoms with Gasteiger partial charge in [0.1, 0.15) is 10.8 Å². The highest BCUT2D eigenvalue weighted by atomic mass is 35.5. The number of nitrogens with one attached hydrogen (secondary N) is 1. The third kappa shape index (κ3) is 5.01. The number of halogens is 1. The molecule has 0 aliphatic heterocycles. The minimum atomic E-state index is -0.334. The van der Waals surface area contributed by atoms with E-state index in [-0.39, 0.29) is 11.2 Å². The van der Waals surface area contributed by atoms with Gasteiger partial charge in [-0.05, 0) is 48.9 Å². The number of nitrogens with zero attached hydrogens (tertiary/aromatic N) is 2. The van der Waals surface area contributed by atoms with E-state index in [0.717, 1.165) is 33.1 Å². The number of hydrogen-bond donors (Lipinski definition) is 1. The Bertz CT molecular complexity index is 1150. The maximum Gasteiger partial charge on any atom is 0.233 e. The molecule has 0 spiro atoms. The van der Waals surface area contributed by atoms with Crippen LogP contribution in [0.2, 0.25) is 5.02 Å². The van der Waals surface area contributed by atoms with Gasteiger partial charge >= 0.3 is 0 Å². The van der Waals surface area contributed by atoms with E-state index < -0.39 is 0 Å². The van der Waals surface area contributed by atoms with Crippen LogP contribution in [0.15, 0.2) is 76.4 Å². The zero-order valence-corrected chi connectivity index (χ0v) is 17.9. The Morgan fingerprint density at radius 3 is 2.50 bits per heavy atom. The summed E-state index contributed by atoms with van der Waals surface area (Å²) < 4.78 is 5.27. The molecule has 0 bridgehead atoms. The second kappa shape index (κ2) is 9.32. The Labute approximate surface area is 183 Å². The van der Waals surface area contributed by atoms with E-state index in [1.54, 1.807) is 12.3 Å². The molecule has 0 saturated heterocycles. The number of benzene rings is 2. The van der Waals surface area contributed by atoms with Crippen molar-refractivity contribution in [2.45, 2.75) is 30.2 Å². The van der Waals surface area contributed by atoms with Crippen LogP contribution in [-0.2, 0) is 17.8 Å². The summed E-state index contributed by atoms with van der Waals surface area (Å²) in [7, 11) is 0. The van der Waals surface area contributed by atoms with Gasteiger partial charge < -0.3 is 9.73 Å². The molecule has 0 radical (unpaired) electrons. The van der Waals surface area contributed by atoms with Crippen molar-refractivity contribution >= 4 is 40.3 Å². The van der Waals surface area contributed by atoms with E-state index in [0.29, 0.717) is 18.0 Å². The van der Waals surface area contributed by atoms with E-state index in [4.69, 9.17) is 26.0 Å². The highest BCUT2D eigenvalue weighted by Gasteiger charge is 2.19. The number of furan rings is 1. The highest BCUT2D eigenvalue weighted by molar-refractivity contribution is 8.00. The molecule has 0 saturated carbocycles. The molecule has 30 heavy (non-hydrogen) atoms. The first kappa shape index (κ1) is 20.4. The Balaban J connectivity index is 1.56. The fourth-order valence-corrected chi connectivity index (χ4v) is 4.03. The minimum Gasteiger partial charge on any atom is -0.467 e. The summed E-state index contributed by atoms with van der Waals surface area (Å²) in [5.41, 5.74) is 3.57. The molecule has 4 rings (SSSR count). The predicted molar refractivity (Wildman–Crippen MR) is 120 cm³/mol. The second-order valence-corrected chi connectivity index (χ2v) is 8.59. The number of aromatic nitrogens is 2. The van der Waals surface area contributed by atoms with E-state index >= 15 is 0 Å². The fraction of sp³-hybridized carbons (Fsp3) is 0.174. The Hall–Kier alpha value is -2.83. The molecule has 2 aromatic carbocycles. The molecule has 1 amide bonds. The Morgan fingerprint density at radius 2 is 1.80 bits per heavy atom. The van der Waals surface area contributed by atoms with Crippen LogP contribution in [0.5, 0.6) is 0 Å². The van der Waals surface area contributed by atoms with Crippen molar-refractivity contribution in [2.75, 3.05) is 0 Å². The van der Waals surface area contributed by atoms with Crippen LogP contribution in [0.3, 0.4) is 0 Å². The molecular formula is C23H20ClN3O2S. The van der Waals surface area contributed by atoms with Crippen LogP contribution < -0.4 is 5.32 Å². The number of fused-ring (bicyclic) bond motifs is 1. The van der Waals surface area contributed by atoms with Crippen molar-refractivity contribution in [3.05, 3.63) is 89.0 Å². The van der Waals surface area contributed by atoms with Gasteiger partial charge in [-0.3, -0.25) is 4.79 Å². The molecule has 7 heteroatoms. The highest BCUT2D eigenvalue weighted by Crippen LogP contribution is 2.28. The number of para-hydroxylation sites is 2. The lowest BCUT2D eigenvalue weighted by Crippen LogP contribution is -2.30. The van der Waals surface area contributed by atoms with Gasteiger partial charge in [-0.2, -0.15) is 0 Å². The van der Waals surface area contributed by atoms with Crippen molar-refractivity contribution in [3.8, 4) is 0 Å². The summed E-state index contributed by atoms with van der Waals surface area (Å²) in [5.74, 6) is 0.637. The molecule has 0 fully saturated rings.